The van der Waals surface area contributed by atoms with Crippen LogP contribution in [0.1, 0.15) is 18.5 Å². The number of halogens is 3. The minimum Gasteiger partial charge on any atom is -0.378 e. The molecule has 1 nitrogen and oxygen atoms in total. The molecule has 2 aromatic rings. The van der Waals surface area contributed by atoms with Gasteiger partial charge in [0.25, 0.3) is 0 Å². The second kappa shape index (κ2) is 5.72. The summed E-state index contributed by atoms with van der Waals surface area (Å²) in [6.45, 7) is 2.04. The highest BCUT2D eigenvalue weighted by atomic mass is 79.9. The molecule has 0 bridgehead atoms. The summed E-state index contributed by atoms with van der Waals surface area (Å²) in [6, 6.07) is 12.8. The van der Waals surface area contributed by atoms with Crippen LogP contribution < -0.4 is 5.32 Å². The summed E-state index contributed by atoms with van der Waals surface area (Å²) in [6.07, 6.45) is 0. The molecule has 1 unspecified atom stereocenters. The summed E-state index contributed by atoms with van der Waals surface area (Å²) in [4.78, 5) is 0. The van der Waals surface area contributed by atoms with E-state index in [9.17, 15) is 4.39 Å². The van der Waals surface area contributed by atoms with Crippen molar-refractivity contribution >= 4 is 33.2 Å². The fraction of sp³-hybridized carbons (Fsp3) is 0.143. The zero-order valence-electron chi connectivity index (χ0n) is 9.75. The Morgan fingerprint density at radius 3 is 2.67 bits per heavy atom. The van der Waals surface area contributed by atoms with Crippen molar-refractivity contribution in [3.05, 3.63) is 63.3 Å². The Morgan fingerprint density at radius 2 is 2.00 bits per heavy atom. The minimum atomic E-state index is -0.405. The van der Waals surface area contributed by atoms with Gasteiger partial charge in [-0.1, -0.05) is 39.7 Å². The monoisotopic (exact) mass is 327 g/mol. The van der Waals surface area contributed by atoms with Crippen LogP contribution in [0.2, 0.25) is 5.02 Å². The third kappa shape index (κ3) is 3.24. The van der Waals surface area contributed by atoms with Crippen molar-refractivity contribution in [1.82, 2.24) is 0 Å². The Bertz CT molecular complexity index is 559. The van der Waals surface area contributed by atoms with Gasteiger partial charge in [-0.25, -0.2) is 4.39 Å². The molecule has 0 saturated carbocycles. The molecule has 94 valence electrons. The van der Waals surface area contributed by atoms with E-state index in [0.717, 1.165) is 15.7 Å². The number of hydrogen-bond donors (Lipinski definition) is 1. The Kier molecular flexibility index (Phi) is 4.25. The van der Waals surface area contributed by atoms with Gasteiger partial charge in [-0.15, -0.1) is 0 Å². The highest BCUT2D eigenvalue weighted by Crippen LogP contribution is 2.25. The second-order valence-electron chi connectivity index (χ2n) is 4.05. The molecule has 0 fully saturated rings. The first-order chi connectivity index (χ1) is 8.56. The van der Waals surface area contributed by atoms with Crippen LogP contribution in [-0.4, -0.2) is 0 Å². The lowest BCUT2D eigenvalue weighted by Gasteiger charge is -2.16. The highest BCUT2D eigenvalue weighted by Gasteiger charge is 2.07. The maximum atomic E-state index is 13.0. The van der Waals surface area contributed by atoms with E-state index in [1.165, 1.54) is 6.07 Å². The summed E-state index contributed by atoms with van der Waals surface area (Å²) in [5, 5.41) is 3.41. The van der Waals surface area contributed by atoms with Crippen LogP contribution in [0.3, 0.4) is 0 Å². The summed E-state index contributed by atoms with van der Waals surface area (Å²) in [5.74, 6) is -0.405. The fourth-order valence-corrected chi connectivity index (χ4v) is 2.29. The van der Waals surface area contributed by atoms with E-state index in [1.807, 2.05) is 31.2 Å². The number of benzene rings is 2. The van der Waals surface area contributed by atoms with Crippen molar-refractivity contribution in [2.45, 2.75) is 13.0 Å². The normalized spacial score (nSPS) is 12.2. The van der Waals surface area contributed by atoms with E-state index in [0.29, 0.717) is 0 Å². The molecular weight excluding hydrogens is 317 g/mol. The molecule has 0 saturated heterocycles. The molecule has 18 heavy (non-hydrogen) atoms. The highest BCUT2D eigenvalue weighted by molar-refractivity contribution is 9.10. The van der Waals surface area contributed by atoms with Gasteiger partial charge in [0, 0.05) is 16.2 Å². The first-order valence-corrected chi connectivity index (χ1v) is 6.70. The van der Waals surface area contributed by atoms with Crippen LogP contribution in [0.25, 0.3) is 0 Å². The van der Waals surface area contributed by atoms with Gasteiger partial charge in [-0.2, -0.15) is 0 Å². The van der Waals surface area contributed by atoms with Gasteiger partial charge in [0.1, 0.15) is 5.82 Å². The van der Waals surface area contributed by atoms with E-state index in [1.54, 1.807) is 12.1 Å². The molecule has 0 radical (unpaired) electrons. The Labute approximate surface area is 119 Å². The van der Waals surface area contributed by atoms with Gasteiger partial charge in [0.15, 0.2) is 0 Å². The molecule has 0 aliphatic heterocycles. The predicted molar refractivity (Wildman–Crippen MR) is 77.6 cm³/mol. The van der Waals surface area contributed by atoms with Crippen molar-refractivity contribution in [2.24, 2.45) is 0 Å². The van der Waals surface area contributed by atoms with E-state index in [2.05, 4.69) is 21.2 Å². The predicted octanol–water partition coefficient (Wildman–Crippen LogP) is 5.41. The van der Waals surface area contributed by atoms with Crippen LogP contribution in [0, 0.1) is 5.82 Å². The van der Waals surface area contributed by atoms with Gasteiger partial charge >= 0.3 is 0 Å². The summed E-state index contributed by atoms with van der Waals surface area (Å²) >= 11 is 9.18. The van der Waals surface area contributed by atoms with Gasteiger partial charge in [0.05, 0.1) is 5.02 Å². The van der Waals surface area contributed by atoms with Crippen molar-refractivity contribution in [2.75, 3.05) is 5.32 Å². The lowest BCUT2D eigenvalue weighted by Crippen LogP contribution is -2.06. The van der Waals surface area contributed by atoms with E-state index in [4.69, 9.17) is 11.6 Å². The summed E-state index contributed by atoms with van der Waals surface area (Å²) in [5.41, 5.74) is 1.94. The van der Waals surface area contributed by atoms with Crippen molar-refractivity contribution < 1.29 is 4.39 Å². The van der Waals surface area contributed by atoms with Gasteiger partial charge < -0.3 is 5.32 Å². The van der Waals surface area contributed by atoms with E-state index in [-0.39, 0.29) is 11.1 Å². The van der Waals surface area contributed by atoms with Crippen molar-refractivity contribution in [3.8, 4) is 0 Å². The SMILES string of the molecule is CC(Nc1ccc(F)c(Cl)c1)c1cccc(Br)c1. The zero-order valence-corrected chi connectivity index (χ0v) is 12.1. The lowest BCUT2D eigenvalue weighted by molar-refractivity contribution is 0.628. The quantitative estimate of drug-likeness (QED) is 0.794. The molecular formula is C14H12BrClFN. The molecule has 0 spiro atoms. The minimum absolute atomic E-state index is 0.115. The molecule has 0 amide bonds. The number of hydrogen-bond acceptors (Lipinski definition) is 1. The first kappa shape index (κ1) is 13.4. The molecule has 1 N–H and O–H groups in total. The van der Waals surface area contributed by atoms with E-state index < -0.39 is 5.82 Å². The second-order valence-corrected chi connectivity index (χ2v) is 5.37. The Morgan fingerprint density at radius 1 is 1.22 bits per heavy atom. The molecule has 0 heterocycles. The zero-order chi connectivity index (χ0) is 13.1. The molecule has 1 atom stereocenters. The third-order valence-corrected chi connectivity index (χ3v) is 3.43. The summed E-state index contributed by atoms with van der Waals surface area (Å²) < 4.78 is 14.1. The van der Waals surface area contributed by atoms with Crippen LogP contribution in [0.15, 0.2) is 46.9 Å². The fourth-order valence-electron chi connectivity index (χ4n) is 1.70. The number of anilines is 1. The molecule has 2 rings (SSSR count). The third-order valence-electron chi connectivity index (χ3n) is 2.65. The molecule has 0 aromatic heterocycles. The Balaban J connectivity index is 2.16. The van der Waals surface area contributed by atoms with Crippen LogP contribution in [0.5, 0.6) is 0 Å². The maximum absolute atomic E-state index is 13.0. The Hall–Kier alpha value is -1.06. The standard InChI is InChI=1S/C14H12BrClFN/c1-9(10-3-2-4-11(15)7-10)18-12-5-6-14(17)13(16)8-12/h2-9,18H,1H3. The van der Waals surface area contributed by atoms with E-state index >= 15 is 0 Å². The van der Waals surface area contributed by atoms with Crippen molar-refractivity contribution in [1.29, 1.82) is 0 Å². The van der Waals surface area contributed by atoms with Crippen LogP contribution >= 0.6 is 27.5 Å². The average molecular weight is 329 g/mol. The molecule has 2 aromatic carbocycles. The van der Waals surface area contributed by atoms with Crippen LogP contribution in [0.4, 0.5) is 10.1 Å². The molecule has 4 heteroatoms. The largest absolute Gasteiger partial charge is 0.378 e. The first-order valence-electron chi connectivity index (χ1n) is 5.53. The maximum Gasteiger partial charge on any atom is 0.141 e. The molecule has 0 aliphatic rings. The van der Waals surface area contributed by atoms with Gasteiger partial charge in [-0.05, 0) is 42.8 Å². The van der Waals surface area contributed by atoms with Gasteiger partial charge in [-0.3, -0.25) is 0 Å². The van der Waals surface area contributed by atoms with Crippen LogP contribution in [-0.2, 0) is 0 Å². The van der Waals surface area contributed by atoms with Gasteiger partial charge in [0.2, 0.25) is 0 Å². The van der Waals surface area contributed by atoms with Crippen molar-refractivity contribution in [3.63, 3.8) is 0 Å². The lowest BCUT2D eigenvalue weighted by atomic mass is 10.1. The molecule has 0 aliphatic carbocycles. The number of rotatable bonds is 3. The topological polar surface area (TPSA) is 12.0 Å². The number of nitrogens with one attached hydrogen (secondary N) is 1. The average Bonchev–Trinajstić information content (AvgIpc) is 2.34. The smallest absolute Gasteiger partial charge is 0.141 e. The summed E-state index contributed by atoms with van der Waals surface area (Å²) in [7, 11) is 0.